The zero-order chi connectivity index (χ0) is 17.8. The SMILES string of the molecule is N[I-]CNc1cc(Nc2nc3cccc(C4=CCCC=C4)n3n2)ccn1. The van der Waals surface area contributed by atoms with Crippen LogP contribution in [0.2, 0.25) is 0 Å². The molecule has 0 spiro atoms. The predicted octanol–water partition coefficient (Wildman–Crippen LogP) is -0.0666. The summed E-state index contributed by atoms with van der Waals surface area (Å²) >= 11 is -0.313. The van der Waals surface area contributed by atoms with Gasteiger partial charge in [0.25, 0.3) is 0 Å². The van der Waals surface area contributed by atoms with E-state index < -0.39 is 0 Å². The second-order valence-electron chi connectivity index (χ2n) is 5.78. The summed E-state index contributed by atoms with van der Waals surface area (Å²) in [6, 6.07) is 9.85. The normalized spacial score (nSPS) is 13.8. The van der Waals surface area contributed by atoms with Gasteiger partial charge in [-0.05, 0) is 12.8 Å². The van der Waals surface area contributed by atoms with Crippen LogP contribution in [0, 0.1) is 0 Å². The molecule has 0 atom stereocenters. The van der Waals surface area contributed by atoms with Crippen molar-refractivity contribution in [2.45, 2.75) is 12.8 Å². The number of fused-ring (bicyclic) bond motifs is 1. The second kappa shape index (κ2) is 7.83. The summed E-state index contributed by atoms with van der Waals surface area (Å²) in [5, 5.41) is 11.1. The van der Waals surface area contributed by atoms with Crippen LogP contribution in [-0.4, -0.2) is 24.1 Å². The number of hydrogen-bond donors (Lipinski definition) is 3. The first-order chi connectivity index (χ1) is 12.8. The van der Waals surface area contributed by atoms with Crippen molar-refractivity contribution in [3.63, 3.8) is 0 Å². The third-order valence-corrected chi connectivity index (χ3v) is 4.81. The Labute approximate surface area is 162 Å². The maximum absolute atomic E-state index is 5.63. The number of rotatable bonds is 6. The number of aromatic nitrogens is 4. The van der Waals surface area contributed by atoms with Gasteiger partial charge in [-0.25, -0.2) is 0 Å². The van der Waals surface area contributed by atoms with E-state index in [1.54, 1.807) is 6.20 Å². The molecule has 0 amide bonds. The molecular formula is C18H19IN7-. The number of halogens is 1. The van der Waals surface area contributed by atoms with E-state index in [4.69, 9.17) is 3.95 Å². The van der Waals surface area contributed by atoms with E-state index in [0.717, 1.165) is 40.2 Å². The fraction of sp³-hybridized carbons (Fsp3) is 0.167. The Balaban J connectivity index is 1.62. The first-order valence-corrected chi connectivity index (χ1v) is 11.1. The van der Waals surface area contributed by atoms with Crippen LogP contribution in [-0.2, 0) is 0 Å². The molecule has 0 saturated carbocycles. The molecule has 0 fully saturated rings. The van der Waals surface area contributed by atoms with Crippen LogP contribution in [0.15, 0.2) is 54.8 Å². The first-order valence-electron chi connectivity index (χ1n) is 8.31. The van der Waals surface area contributed by atoms with Crippen LogP contribution in [0.5, 0.6) is 0 Å². The molecule has 1 aliphatic carbocycles. The summed E-state index contributed by atoms with van der Waals surface area (Å²) < 4.78 is 8.29. The topological polar surface area (TPSA) is 93.2 Å². The van der Waals surface area contributed by atoms with E-state index in [2.05, 4.69) is 50.0 Å². The van der Waals surface area contributed by atoms with Crippen LogP contribution in [0.25, 0.3) is 11.2 Å². The van der Waals surface area contributed by atoms with E-state index in [-0.39, 0.29) is 21.5 Å². The molecule has 1 aliphatic rings. The monoisotopic (exact) mass is 460 g/mol. The molecule has 0 unspecified atom stereocenters. The number of alkyl halides is 1. The predicted molar refractivity (Wildman–Crippen MR) is 99.5 cm³/mol. The molecule has 134 valence electrons. The summed E-state index contributed by atoms with van der Waals surface area (Å²) in [5.41, 5.74) is 3.92. The van der Waals surface area contributed by atoms with Gasteiger partial charge >= 0.3 is 143 Å². The van der Waals surface area contributed by atoms with Gasteiger partial charge in [0, 0.05) is 0 Å². The Morgan fingerprint density at radius 1 is 1.23 bits per heavy atom. The van der Waals surface area contributed by atoms with Crippen molar-refractivity contribution in [3.05, 3.63) is 60.5 Å². The molecule has 0 bridgehead atoms. The zero-order valence-electron chi connectivity index (χ0n) is 14.1. The van der Waals surface area contributed by atoms with Crippen molar-refractivity contribution in [2.24, 2.45) is 3.95 Å². The summed E-state index contributed by atoms with van der Waals surface area (Å²) in [4.78, 5) is 8.88. The molecule has 26 heavy (non-hydrogen) atoms. The number of pyridine rings is 2. The van der Waals surface area contributed by atoms with Crippen molar-refractivity contribution in [1.82, 2.24) is 19.6 Å². The van der Waals surface area contributed by atoms with Gasteiger partial charge in [-0.15, -0.1) is 0 Å². The molecule has 0 radical (unpaired) electrons. The van der Waals surface area contributed by atoms with Crippen LogP contribution >= 0.6 is 0 Å². The number of allylic oxidation sites excluding steroid dienone is 4. The molecule has 3 aromatic rings. The van der Waals surface area contributed by atoms with Crippen molar-refractivity contribution < 1.29 is 21.5 Å². The third-order valence-electron chi connectivity index (χ3n) is 3.99. The number of nitrogens with one attached hydrogen (secondary N) is 2. The molecular weight excluding hydrogens is 441 g/mol. The average Bonchev–Trinajstić information content (AvgIpc) is 3.09. The van der Waals surface area contributed by atoms with Crippen LogP contribution in [0.4, 0.5) is 17.5 Å². The van der Waals surface area contributed by atoms with Gasteiger partial charge < -0.3 is 0 Å². The van der Waals surface area contributed by atoms with Crippen molar-refractivity contribution >= 4 is 28.7 Å². The van der Waals surface area contributed by atoms with Crippen LogP contribution in [0.1, 0.15) is 18.5 Å². The Hall–Kier alpha value is -2.46. The summed E-state index contributed by atoms with van der Waals surface area (Å²) in [5.74, 6) is 1.35. The quantitative estimate of drug-likeness (QED) is 0.207. The Kier molecular flexibility index (Phi) is 5.12. The van der Waals surface area contributed by atoms with Crippen LogP contribution in [0.3, 0.4) is 0 Å². The molecule has 3 aromatic heterocycles. The van der Waals surface area contributed by atoms with E-state index in [0.29, 0.717) is 5.95 Å². The molecule has 3 heterocycles. The zero-order valence-corrected chi connectivity index (χ0v) is 16.2. The standard InChI is InChI=1S/C18H19IN7/c20-19-12-22-16-11-14(9-10-21-16)23-18-24-17-8-4-7-15(26(17)25-18)13-5-2-1-3-6-13/h2,4-11H,1,3,12,20H2,(H2,21,22,23,25)/q-1. The van der Waals surface area contributed by atoms with E-state index in [1.807, 2.05) is 28.8 Å². The molecule has 4 N–H and O–H groups in total. The van der Waals surface area contributed by atoms with Gasteiger partial charge in [-0.2, -0.15) is 0 Å². The molecule has 4 rings (SSSR count). The van der Waals surface area contributed by atoms with Gasteiger partial charge in [0.1, 0.15) is 0 Å². The van der Waals surface area contributed by atoms with Gasteiger partial charge in [0.05, 0.1) is 0 Å². The molecule has 0 aliphatic heterocycles. The van der Waals surface area contributed by atoms with E-state index in [1.165, 1.54) is 5.57 Å². The first kappa shape index (κ1) is 17.0. The van der Waals surface area contributed by atoms with Crippen molar-refractivity contribution in [2.75, 3.05) is 15.2 Å². The molecule has 8 heteroatoms. The Bertz CT molecular complexity index is 977. The molecule has 0 aromatic carbocycles. The maximum atomic E-state index is 5.63. The Morgan fingerprint density at radius 3 is 3.04 bits per heavy atom. The van der Waals surface area contributed by atoms with E-state index in [9.17, 15) is 0 Å². The van der Waals surface area contributed by atoms with Gasteiger partial charge in [0.2, 0.25) is 0 Å². The van der Waals surface area contributed by atoms with Gasteiger partial charge in [-0.1, -0.05) is 6.08 Å². The van der Waals surface area contributed by atoms with Crippen molar-refractivity contribution in [3.8, 4) is 0 Å². The molecule has 7 nitrogen and oxygen atoms in total. The number of anilines is 3. The summed E-state index contributed by atoms with van der Waals surface area (Å²) in [6.45, 7) is 0. The third kappa shape index (κ3) is 3.70. The van der Waals surface area contributed by atoms with E-state index >= 15 is 0 Å². The van der Waals surface area contributed by atoms with Gasteiger partial charge in [0.15, 0.2) is 0 Å². The van der Waals surface area contributed by atoms with Crippen LogP contribution < -0.4 is 36.1 Å². The van der Waals surface area contributed by atoms with Crippen molar-refractivity contribution in [1.29, 1.82) is 0 Å². The minimum absolute atomic E-state index is 0.313. The molecule has 0 saturated heterocycles. The Morgan fingerprint density at radius 2 is 2.19 bits per heavy atom. The van der Waals surface area contributed by atoms with Gasteiger partial charge in [-0.3, -0.25) is 0 Å². The number of nitrogens with two attached hydrogens (primary N) is 1. The fourth-order valence-corrected chi connectivity index (χ4v) is 3.43. The fourth-order valence-electron chi connectivity index (χ4n) is 2.82. The minimum atomic E-state index is -0.313. The number of hydrogen-bond acceptors (Lipinski definition) is 6. The second-order valence-corrected chi connectivity index (χ2v) is 7.42. The summed E-state index contributed by atoms with van der Waals surface area (Å²) in [7, 11) is 0. The average molecular weight is 460 g/mol. The number of nitrogens with zero attached hydrogens (tertiary/aromatic N) is 4. The summed E-state index contributed by atoms with van der Waals surface area (Å²) in [6.07, 6.45) is 10.5.